The molecule has 0 aromatic carbocycles. The molecule has 0 aliphatic rings. The van der Waals surface area contributed by atoms with Gasteiger partial charge in [0.25, 0.3) is 6.43 Å². The fraction of sp³-hybridized carbons (Fsp3) is 0.400. The molecule has 0 N–H and O–H groups in total. The SMILES string of the molecule is CCOC(=O)c1cc(OC)nc(C(F)F)c1Cl. The molecule has 0 fully saturated rings. The van der Waals surface area contributed by atoms with Gasteiger partial charge in [0.15, 0.2) is 0 Å². The van der Waals surface area contributed by atoms with Crippen LogP contribution in [0.5, 0.6) is 5.88 Å². The first-order valence-corrected chi connectivity index (χ1v) is 5.08. The number of hydrogen-bond donors (Lipinski definition) is 0. The van der Waals surface area contributed by atoms with Crippen LogP contribution in [0.3, 0.4) is 0 Å². The van der Waals surface area contributed by atoms with Gasteiger partial charge in [0.1, 0.15) is 5.69 Å². The molecule has 1 heterocycles. The van der Waals surface area contributed by atoms with E-state index in [1.54, 1.807) is 6.92 Å². The molecular formula is C10H10ClF2NO3. The number of halogens is 3. The molecule has 1 rings (SSSR count). The first kappa shape index (κ1) is 13.6. The third kappa shape index (κ3) is 3.03. The smallest absolute Gasteiger partial charge is 0.339 e. The lowest BCUT2D eigenvalue weighted by molar-refractivity contribution is 0.0525. The molecular weight excluding hydrogens is 256 g/mol. The number of ether oxygens (including phenoxy) is 2. The Bertz CT molecular complexity index is 426. The molecule has 0 saturated heterocycles. The highest BCUT2D eigenvalue weighted by Crippen LogP contribution is 2.31. The van der Waals surface area contributed by atoms with Crippen molar-refractivity contribution < 1.29 is 23.0 Å². The minimum absolute atomic E-state index is 0.115. The summed E-state index contributed by atoms with van der Waals surface area (Å²) in [6.45, 7) is 1.71. The Morgan fingerprint density at radius 3 is 2.71 bits per heavy atom. The van der Waals surface area contributed by atoms with E-state index in [1.807, 2.05) is 0 Å². The molecule has 4 nitrogen and oxygen atoms in total. The van der Waals surface area contributed by atoms with Gasteiger partial charge >= 0.3 is 5.97 Å². The van der Waals surface area contributed by atoms with Crippen molar-refractivity contribution in [1.82, 2.24) is 4.98 Å². The van der Waals surface area contributed by atoms with E-state index in [-0.39, 0.29) is 18.1 Å². The van der Waals surface area contributed by atoms with Crippen LogP contribution >= 0.6 is 11.6 Å². The molecule has 0 spiro atoms. The van der Waals surface area contributed by atoms with Crippen LogP contribution in [0, 0.1) is 0 Å². The molecule has 7 heteroatoms. The fourth-order valence-electron chi connectivity index (χ4n) is 1.13. The van der Waals surface area contributed by atoms with Gasteiger partial charge in [0.2, 0.25) is 5.88 Å². The van der Waals surface area contributed by atoms with Gasteiger partial charge < -0.3 is 9.47 Å². The van der Waals surface area contributed by atoms with Crippen LogP contribution in [-0.2, 0) is 4.74 Å². The van der Waals surface area contributed by atoms with Crippen molar-refractivity contribution in [2.75, 3.05) is 13.7 Å². The summed E-state index contributed by atoms with van der Waals surface area (Å²) in [5, 5.41) is -0.417. The zero-order valence-corrected chi connectivity index (χ0v) is 9.92. The monoisotopic (exact) mass is 265 g/mol. The molecule has 0 unspecified atom stereocenters. The normalized spacial score (nSPS) is 10.5. The third-order valence-corrected chi connectivity index (χ3v) is 2.27. The van der Waals surface area contributed by atoms with Crippen molar-refractivity contribution in [3.05, 3.63) is 22.3 Å². The van der Waals surface area contributed by atoms with E-state index in [9.17, 15) is 13.6 Å². The van der Waals surface area contributed by atoms with E-state index in [4.69, 9.17) is 21.1 Å². The molecule has 0 saturated carbocycles. The maximum atomic E-state index is 12.6. The Kier molecular flexibility index (Phi) is 4.62. The largest absolute Gasteiger partial charge is 0.481 e. The van der Waals surface area contributed by atoms with Crippen LogP contribution in [0.15, 0.2) is 6.07 Å². The minimum Gasteiger partial charge on any atom is -0.481 e. The van der Waals surface area contributed by atoms with Crippen molar-refractivity contribution in [1.29, 1.82) is 0 Å². The summed E-state index contributed by atoms with van der Waals surface area (Å²) >= 11 is 5.66. The van der Waals surface area contributed by atoms with Gasteiger partial charge in [0.05, 0.1) is 24.3 Å². The summed E-state index contributed by atoms with van der Waals surface area (Å²) in [5.74, 6) is -0.909. The first-order valence-electron chi connectivity index (χ1n) is 4.71. The number of rotatable bonds is 4. The highest BCUT2D eigenvalue weighted by atomic mass is 35.5. The molecule has 94 valence electrons. The maximum Gasteiger partial charge on any atom is 0.339 e. The number of nitrogens with zero attached hydrogens (tertiary/aromatic N) is 1. The van der Waals surface area contributed by atoms with Crippen LogP contribution in [0.25, 0.3) is 0 Å². The topological polar surface area (TPSA) is 48.4 Å². The summed E-state index contributed by atoms with van der Waals surface area (Å²) in [4.78, 5) is 15.0. The number of aromatic nitrogens is 1. The van der Waals surface area contributed by atoms with Crippen molar-refractivity contribution >= 4 is 17.6 Å². The second-order valence-corrected chi connectivity index (χ2v) is 3.31. The summed E-state index contributed by atoms with van der Waals surface area (Å²) in [5.41, 5.74) is -0.885. The third-order valence-electron chi connectivity index (χ3n) is 1.87. The first-order chi connectivity index (χ1) is 8.01. The summed E-state index contributed by atoms with van der Waals surface area (Å²) < 4.78 is 34.6. The lowest BCUT2D eigenvalue weighted by Crippen LogP contribution is -2.09. The molecule has 17 heavy (non-hydrogen) atoms. The van der Waals surface area contributed by atoms with Crippen LogP contribution in [0.4, 0.5) is 8.78 Å². The summed E-state index contributed by atoms with van der Waals surface area (Å²) in [6.07, 6.45) is -2.90. The van der Waals surface area contributed by atoms with E-state index in [2.05, 4.69) is 4.98 Å². The second kappa shape index (κ2) is 5.77. The van der Waals surface area contributed by atoms with Crippen LogP contribution in [0.2, 0.25) is 5.02 Å². The van der Waals surface area contributed by atoms with Gasteiger partial charge in [0, 0.05) is 6.07 Å². The highest BCUT2D eigenvalue weighted by Gasteiger charge is 2.23. The zero-order valence-electron chi connectivity index (χ0n) is 9.17. The van der Waals surface area contributed by atoms with Gasteiger partial charge in [-0.15, -0.1) is 0 Å². The van der Waals surface area contributed by atoms with E-state index < -0.39 is 23.1 Å². The zero-order chi connectivity index (χ0) is 13.0. The molecule has 0 aliphatic heterocycles. The highest BCUT2D eigenvalue weighted by molar-refractivity contribution is 6.34. The lowest BCUT2D eigenvalue weighted by atomic mass is 10.2. The molecule has 1 aromatic rings. The Labute approximate surface area is 101 Å². The summed E-state index contributed by atoms with van der Waals surface area (Å²) in [6, 6.07) is 1.16. The van der Waals surface area contributed by atoms with Crippen molar-refractivity contribution in [3.8, 4) is 5.88 Å². The standard InChI is InChI=1S/C10H10ClF2NO3/c1-3-17-10(15)5-4-6(16-2)14-8(7(5)11)9(12)13/h4,9H,3H2,1-2H3. The van der Waals surface area contributed by atoms with Gasteiger partial charge in [-0.25, -0.2) is 18.6 Å². The summed E-state index contributed by atoms with van der Waals surface area (Å²) in [7, 11) is 1.25. The number of esters is 1. The van der Waals surface area contributed by atoms with E-state index in [0.717, 1.165) is 6.07 Å². The Balaban J connectivity index is 3.28. The number of carbonyl (C=O) groups excluding carboxylic acids is 1. The number of hydrogen-bond acceptors (Lipinski definition) is 4. The molecule has 0 radical (unpaired) electrons. The fourth-order valence-corrected chi connectivity index (χ4v) is 1.39. The number of methoxy groups -OCH3 is 1. The van der Waals surface area contributed by atoms with Crippen molar-refractivity contribution in [2.45, 2.75) is 13.3 Å². The Morgan fingerprint density at radius 2 is 2.24 bits per heavy atom. The molecule has 0 aliphatic carbocycles. The van der Waals surface area contributed by atoms with Crippen molar-refractivity contribution in [3.63, 3.8) is 0 Å². The van der Waals surface area contributed by atoms with E-state index in [0.29, 0.717) is 0 Å². The number of pyridine rings is 1. The minimum atomic E-state index is -2.90. The number of alkyl halides is 2. The van der Waals surface area contributed by atoms with Crippen LogP contribution < -0.4 is 4.74 Å². The molecule has 0 amide bonds. The van der Waals surface area contributed by atoms with Gasteiger partial charge in [-0.05, 0) is 6.92 Å². The van der Waals surface area contributed by atoms with Crippen LogP contribution in [0.1, 0.15) is 29.4 Å². The van der Waals surface area contributed by atoms with Gasteiger partial charge in [-0.3, -0.25) is 0 Å². The Hall–Kier alpha value is -1.43. The predicted octanol–water partition coefficient (Wildman–Crippen LogP) is 2.86. The second-order valence-electron chi connectivity index (χ2n) is 2.93. The molecule has 1 aromatic heterocycles. The predicted molar refractivity (Wildman–Crippen MR) is 56.7 cm³/mol. The average Bonchev–Trinajstić information content (AvgIpc) is 2.29. The van der Waals surface area contributed by atoms with Crippen molar-refractivity contribution in [2.24, 2.45) is 0 Å². The number of carbonyl (C=O) groups is 1. The van der Waals surface area contributed by atoms with E-state index in [1.165, 1.54) is 7.11 Å². The van der Waals surface area contributed by atoms with Gasteiger partial charge in [-0.1, -0.05) is 11.6 Å². The maximum absolute atomic E-state index is 12.6. The lowest BCUT2D eigenvalue weighted by Gasteiger charge is -2.10. The van der Waals surface area contributed by atoms with E-state index >= 15 is 0 Å². The van der Waals surface area contributed by atoms with Crippen LogP contribution in [-0.4, -0.2) is 24.7 Å². The Morgan fingerprint density at radius 1 is 1.59 bits per heavy atom. The quantitative estimate of drug-likeness (QED) is 0.786. The average molecular weight is 266 g/mol. The molecule has 0 bridgehead atoms. The van der Waals surface area contributed by atoms with Gasteiger partial charge in [-0.2, -0.15) is 0 Å². The molecule has 0 atom stereocenters.